The van der Waals surface area contributed by atoms with E-state index in [1.807, 2.05) is 0 Å². The van der Waals surface area contributed by atoms with Crippen LogP contribution in [0.4, 0.5) is 34.1 Å². The molecule has 0 saturated carbocycles. The van der Waals surface area contributed by atoms with Gasteiger partial charge in [0.2, 0.25) is 0 Å². The summed E-state index contributed by atoms with van der Waals surface area (Å²) in [6.45, 7) is 29.8. The van der Waals surface area contributed by atoms with Gasteiger partial charge in [-0.05, 0) is 150 Å². The van der Waals surface area contributed by atoms with Crippen LogP contribution in [0, 0.1) is 34.6 Å². The Morgan fingerprint density at radius 2 is 0.500 bits per heavy atom. The Labute approximate surface area is 442 Å². The standard InChI is InChI=1S/C71H71BN2/c1-46-14-22-51(23-15-46)68(6,7)55-30-36-59(37-31-55)73-63-40-34-57(70(10,11)53-26-18-48(3)19-27-53)44-61(63)72-62-45-58(71(12,13)54-28-20-49(4)21-29-54)35-41-64(62)74(66-43-50(5)42-65(73)67(66)72)60-38-32-56(33-39-60)69(8,9)52-24-16-47(2)17-25-52/h14-45H,1-13H3. The number of hydrogen-bond acceptors (Lipinski definition) is 2. The van der Waals surface area contributed by atoms with Crippen molar-refractivity contribution < 1.29 is 0 Å². The average molecular weight is 963 g/mol. The van der Waals surface area contributed by atoms with Crippen LogP contribution in [0.2, 0.25) is 0 Å². The van der Waals surface area contributed by atoms with Gasteiger partial charge >= 0.3 is 0 Å². The zero-order valence-corrected chi connectivity index (χ0v) is 45.9. The molecule has 74 heavy (non-hydrogen) atoms. The molecule has 0 unspecified atom stereocenters. The van der Waals surface area contributed by atoms with Crippen molar-refractivity contribution >= 4 is 57.2 Å². The average Bonchev–Trinajstić information content (AvgIpc) is 3.39. The maximum Gasteiger partial charge on any atom is 0.252 e. The van der Waals surface area contributed by atoms with E-state index in [4.69, 9.17) is 0 Å². The van der Waals surface area contributed by atoms with Gasteiger partial charge in [0.1, 0.15) is 0 Å². The van der Waals surface area contributed by atoms with E-state index in [2.05, 4.69) is 294 Å². The van der Waals surface area contributed by atoms with Crippen LogP contribution in [0.25, 0.3) is 0 Å². The fourth-order valence-electron chi connectivity index (χ4n) is 12.1. The lowest BCUT2D eigenvalue weighted by Crippen LogP contribution is -2.61. The highest BCUT2D eigenvalue weighted by Gasteiger charge is 2.45. The van der Waals surface area contributed by atoms with Crippen molar-refractivity contribution in [1.82, 2.24) is 0 Å². The normalized spacial score (nSPS) is 13.4. The van der Waals surface area contributed by atoms with E-state index in [1.165, 1.54) is 111 Å². The van der Waals surface area contributed by atoms with Gasteiger partial charge in [0, 0.05) is 55.8 Å². The fourth-order valence-corrected chi connectivity index (χ4v) is 12.1. The van der Waals surface area contributed by atoms with Crippen LogP contribution >= 0.6 is 0 Å². The summed E-state index contributed by atoms with van der Waals surface area (Å²) in [5.41, 5.74) is 27.1. The maximum absolute atomic E-state index is 2.57. The predicted molar refractivity (Wildman–Crippen MR) is 318 cm³/mol. The van der Waals surface area contributed by atoms with Crippen LogP contribution in [-0.4, -0.2) is 6.71 Å². The highest BCUT2D eigenvalue weighted by Crippen LogP contribution is 2.47. The van der Waals surface area contributed by atoms with Crippen molar-refractivity contribution in [2.45, 2.75) is 112 Å². The molecule has 368 valence electrons. The molecule has 0 aromatic heterocycles. The Balaban J connectivity index is 1.15. The highest BCUT2D eigenvalue weighted by atomic mass is 15.2. The van der Waals surface area contributed by atoms with Gasteiger partial charge in [0.15, 0.2) is 0 Å². The number of nitrogens with zero attached hydrogens (tertiary/aromatic N) is 2. The first kappa shape index (κ1) is 48.9. The molecule has 0 saturated heterocycles. The van der Waals surface area contributed by atoms with Crippen molar-refractivity contribution in [3.05, 3.63) is 266 Å². The lowest BCUT2D eigenvalue weighted by molar-refractivity contribution is 0.640. The van der Waals surface area contributed by atoms with Crippen LogP contribution in [0.15, 0.2) is 194 Å². The minimum absolute atomic E-state index is 0.0416. The summed E-state index contributed by atoms with van der Waals surface area (Å²) >= 11 is 0. The number of benzene rings is 9. The second kappa shape index (κ2) is 17.9. The van der Waals surface area contributed by atoms with Gasteiger partial charge in [-0.2, -0.15) is 0 Å². The van der Waals surface area contributed by atoms with Crippen LogP contribution in [0.3, 0.4) is 0 Å². The summed E-state index contributed by atoms with van der Waals surface area (Å²) in [6.07, 6.45) is 0. The van der Waals surface area contributed by atoms with Gasteiger partial charge in [-0.25, -0.2) is 0 Å². The third kappa shape index (κ3) is 8.21. The monoisotopic (exact) mass is 963 g/mol. The maximum atomic E-state index is 2.57. The fraction of sp³-hybridized carbons (Fsp3) is 0.239. The molecule has 0 atom stereocenters. The van der Waals surface area contributed by atoms with E-state index in [1.54, 1.807) is 0 Å². The van der Waals surface area contributed by atoms with Crippen molar-refractivity contribution in [2.24, 2.45) is 0 Å². The number of anilines is 6. The van der Waals surface area contributed by atoms with E-state index >= 15 is 0 Å². The van der Waals surface area contributed by atoms with Crippen molar-refractivity contribution in [3.63, 3.8) is 0 Å². The Morgan fingerprint density at radius 1 is 0.257 bits per heavy atom. The second-order valence-electron chi connectivity index (χ2n) is 23.9. The second-order valence-corrected chi connectivity index (χ2v) is 23.9. The minimum atomic E-state index is -0.250. The molecule has 0 amide bonds. The molecule has 0 spiro atoms. The zero-order chi connectivity index (χ0) is 52.1. The first-order valence-electron chi connectivity index (χ1n) is 26.8. The van der Waals surface area contributed by atoms with Gasteiger partial charge < -0.3 is 9.80 Å². The van der Waals surface area contributed by atoms with Crippen LogP contribution in [0.1, 0.15) is 128 Å². The van der Waals surface area contributed by atoms with Crippen molar-refractivity contribution in [3.8, 4) is 0 Å². The van der Waals surface area contributed by atoms with E-state index in [0.29, 0.717) is 0 Å². The first-order valence-corrected chi connectivity index (χ1v) is 26.8. The predicted octanol–water partition coefficient (Wildman–Crippen LogP) is 16.6. The third-order valence-electron chi connectivity index (χ3n) is 17.4. The number of rotatable bonds is 10. The molecule has 0 N–H and O–H groups in total. The molecule has 11 rings (SSSR count). The van der Waals surface area contributed by atoms with Gasteiger partial charge in [0.25, 0.3) is 6.71 Å². The van der Waals surface area contributed by atoms with Gasteiger partial charge in [0.05, 0.1) is 0 Å². The molecule has 3 heteroatoms. The highest BCUT2D eigenvalue weighted by molar-refractivity contribution is 7.00. The van der Waals surface area contributed by atoms with Crippen LogP contribution in [0.5, 0.6) is 0 Å². The Morgan fingerprint density at radius 3 is 0.784 bits per heavy atom. The van der Waals surface area contributed by atoms with Crippen LogP contribution < -0.4 is 26.2 Å². The van der Waals surface area contributed by atoms with Gasteiger partial charge in [-0.1, -0.05) is 223 Å². The summed E-state index contributed by atoms with van der Waals surface area (Å²) in [4.78, 5) is 5.14. The molecule has 0 radical (unpaired) electrons. The van der Waals surface area contributed by atoms with Gasteiger partial charge in [-0.15, -0.1) is 0 Å². The molecule has 2 aliphatic rings. The molecule has 2 heterocycles. The number of fused-ring (bicyclic) bond motifs is 4. The molecule has 2 aliphatic heterocycles. The Kier molecular flexibility index (Phi) is 11.9. The third-order valence-corrected chi connectivity index (χ3v) is 17.4. The Hall–Kier alpha value is -7.36. The summed E-state index contributed by atoms with van der Waals surface area (Å²) in [5, 5.41) is 0. The van der Waals surface area contributed by atoms with Crippen molar-refractivity contribution in [2.75, 3.05) is 9.80 Å². The van der Waals surface area contributed by atoms with E-state index in [9.17, 15) is 0 Å². The zero-order valence-electron chi connectivity index (χ0n) is 45.9. The summed E-state index contributed by atoms with van der Waals surface area (Å²) in [5.74, 6) is 0. The molecule has 9 aromatic rings. The summed E-state index contributed by atoms with van der Waals surface area (Å²) in [7, 11) is 0. The van der Waals surface area contributed by atoms with Crippen LogP contribution in [-0.2, 0) is 21.7 Å². The molecular weight excluding hydrogens is 892 g/mol. The molecule has 0 aliphatic carbocycles. The minimum Gasteiger partial charge on any atom is -0.311 e. The topological polar surface area (TPSA) is 6.48 Å². The molecular formula is C71H71BN2. The SMILES string of the molecule is Cc1ccc(C(C)(C)c2ccc(N3c4ccc(C(C)(C)c5ccc(C)cc5)cc4B4c5cc(C(C)(C)c6ccc(C)cc6)ccc5N(c5ccc(C(C)(C)c6ccc(C)cc6)cc5)c5cc(C)cc3c54)cc2)cc1. The quantitative estimate of drug-likeness (QED) is 0.126. The molecule has 2 nitrogen and oxygen atoms in total. The molecule has 0 bridgehead atoms. The largest absolute Gasteiger partial charge is 0.311 e. The lowest BCUT2D eigenvalue weighted by Gasteiger charge is -2.45. The number of aryl methyl sites for hydroxylation is 5. The first-order chi connectivity index (χ1) is 35.2. The van der Waals surface area contributed by atoms with E-state index in [0.717, 1.165) is 11.4 Å². The van der Waals surface area contributed by atoms with E-state index < -0.39 is 0 Å². The van der Waals surface area contributed by atoms with Crippen molar-refractivity contribution in [1.29, 1.82) is 0 Å². The van der Waals surface area contributed by atoms with E-state index in [-0.39, 0.29) is 28.4 Å². The molecule has 9 aromatic carbocycles. The Bertz CT molecular complexity index is 3320. The number of hydrogen-bond donors (Lipinski definition) is 0. The summed E-state index contributed by atoms with van der Waals surface area (Å²) < 4.78 is 0. The molecule has 0 fully saturated rings. The smallest absolute Gasteiger partial charge is 0.252 e. The lowest BCUT2D eigenvalue weighted by atomic mass is 9.33. The van der Waals surface area contributed by atoms with Gasteiger partial charge in [-0.3, -0.25) is 0 Å². The summed E-state index contributed by atoms with van der Waals surface area (Å²) in [6, 6.07) is 74.9.